The number of carbonyl (C=O) groups is 1. The van der Waals surface area contributed by atoms with E-state index in [1.165, 1.54) is 70.6 Å². The Morgan fingerprint density at radius 2 is 1.10 bits per heavy atom. The fraction of sp³-hybridized carbons (Fsp3) is 0.944. The number of unbranched alkanes of at least 4 members (excludes halogenated alkanes) is 11. The molecule has 0 heterocycles. The summed E-state index contributed by atoms with van der Waals surface area (Å²) in [4.78, 5) is 11.3. The average molecular weight is 284 g/mol. The summed E-state index contributed by atoms with van der Waals surface area (Å²) in [6.45, 7) is 4.87. The minimum Gasteiger partial charge on any atom is -0.466 e. The monoisotopic (exact) mass is 284 g/mol. The van der Waals surface area contributed by atoms with Gasteiger partial charge in [0, 0.05) is 6.42 Å². The smallest absolute Gasteiger partial charge is 0.305 e. The first-order valence-corrected chi connectivity index (χ1v) is 8.96. The zero-order chi connectivity index (χ0) is 14.9. The van der Waals surface area contributed by atoms with E-state index in [1.807, 2.05) is 6.92 Å². The van der Waals surface area contributed by atoms with Crippen molar-refractivity contribution in [2.45, 2.75) is 104 Å². The van der Waals surface area contributed by atoms with E-state index in [-0.39, 0.29) is 5.97 Å². The van der Waals surface area contributed by atoms with Crippen LogP contribution in [0.2, 0.25) is 0 Å². The molecule has 2 heteroatoms. The first kappa shape index (κ1) is 19.5. The molecule has 0 saturated carbocycles. The van der Waals surface area contributed by atoms with Crippen molar-refractivity contribution in [2.24, 2.45) is 0 Å². The van der Waals surface area contributed by atoms with Crippen molar-refractivity contribution >= 4 is 5.97 Å². The lowest BCUT2D eigenvalue weighted by Crippen LogP contribution is -2.04. The van der Waals surface area contributed by atoms with Crippen LogP contribution in [0.15, 0.2) is 0 Å². The second-order valence-electron chi connectivity index (χ2n) is 5.86. The second kappa shape index (κ2) is 16.5. The molecule has 0 aliphatic carbocycles. The molecule has 0 amide bonds. The van der Waals surface area contributed by atoms with Crippen LogP contribution in [-0.2, 0) is 9.53 Å². The molecule has 0 rings (SSSR count). The molecule has 0 unspecified atom stereocenters. The van der Waals surface area contributed by atoms with Crippen molar-refractivity contribution in [3.05, 3.63) is 0 Å². The molecule has 2 nitrogen and oxygen atoms in total. The van der Waals surface area contributed by atoms with Crippen LogP contribution in [0, 0.1) is 0 Å². The lowest BCUT2D eigenvalue weighted by Gasteiger charge is -2.04. The van der Waals surface area contributed by atoms with Gasteiger partial charge in [-0.3, -0.25) is 4.79 Å². The number of hydrogen-bond acceptors (Lipinski definition) is 2. The molecule has 0 atom stereocenters. The molecule has 0 aromatic rings. The summed E-state index contributed by atoms with van der Waals surface area (Å²) in [6.07, 6.45) is 17.5. The zero-order valence-electron chi connectivity index (χ0n) is 13.9. The molecule has 0 aromatic carbocycles. The summed E-state index contributed by atoms with van der Waals surface area (Å²) >= 11 is 0. The highest BCUT2D eigenvalue weighted by molar-refractivity contribution is 5.69. The molecule has 0 fully saturated rings. The van der Waals surface area contributed by atoms with Crippen LogP contribution in [0.4, 0.5) is 0 Å². The van der Waals surface area contributed by atoms with Gasteiger partial charge in [-0.25, -0.2) is 0 Å². The maximum Gasteiger partial charge on any atom is 0.305 e. The standard InChI is InChI=1S/C18H36O2/c1-3-5-6-7-8-9-10-11-12-13-14-15-16-18(19)20-17-4-2/h3-17H2,1-2H3. The predicted octanol–water partition coefficient (Wildman–Crippen LogP) is 6.03. The molecule has 0 saturated heterocycles. The van der Waals surface area contributed by atoms with E-state index in [0.717, 1.165) is 12.8 Å². The normalized spacial score (nSPS) is 10.7. The SMILES string of the molecule is CCCCCCCCCCCCCCC(=O)OCCC. The van der Waals surface area contributed by atoms with Crippen LogP contribution in [-0.4, -0.2) is 12.6 Å². The van der Waals surface area contributed by atoms with E-state index in [0.29, 0.717) is 13.0 Å². The molecular formula is C18H36O2. The molecule has 120 valence electrons. The Kier molecular flexibility index (Phi) is 16.1. The van der Waals surface area contributed by atoms with Gasteiger partial charge >= 0.3 is 5.97 Å². The fourth-order valence-corrected chi connectivity index (χ4v) is 2.40. The topological polar surface area (TPSA) is 26.3 Å². The van der Waals surface area contributed by atoms with Gasteiger partial charge in [0.15, 0.2) is 0 Å². The molecule has 0 spiro atoms. The van der Waals surface area contributed by atoms with Gasteiger partial charge in [0.1, 0.15) is 0 Å². The molecule has 0 radical (unpaired) electrons. The fourth-order valence-electron chi connectivity index (χ4n) is 2.40. The maximum absolute atomic E-state index is 11.3. The molecular weight excluding hydrogens is 248 g/mol. The van der Waals surface area contributed by atoms with Gasteiger partial charge in [-0.2, -0.15) is 0 Å². The van der Waals surface area contributed by atoms with Gasteiger partial charge in [-0.05, 0) is 12.8 Å². The van der Waals surface area contributed by atoms with E-state index in [1.54, 1.807) is 0 Å². The van der Waals surface area contributed by atoms with Crippen molar-refractivity contribution in [1.29, 1.82) is 0 Å². The first-order chi connectivity index (χ1) is 9.81. The van der Waals surface area contributed by atoms with Crippen molar-refractivity contribution in [2.75, 3.05) is 6.61 Å². The number of carbonyl (C=O) groups excluding carboxylic acids is 1. The van der Waals surface area contributed by atoms with Gasteiger partial charge in [0.25, 0.3) is 0 Å². The van der Waals surface area contributed by atoms with Crippen LogP contribution < -0.4 is 0 Å². The molecule has 0 aromatic heterocycles. The van der Waals surface area contributed by atoms with Gasteiger partial charge in [0.05, 0.1) is 6.61 Å². The number of esters is 1. The van der Waals surface area contributed by atoms with E-state index in [9.17, 15) is 4.79 Å². The third kappa shape index (κ3) is 15.5. The van der Waals surface area contributed by atoms with Crippen molar-refractivity contribution in [1.82, 2.24) is 0 Å². The van der Waals surface area contributed by atoms with Crippen molar-refractivity contribution in [3.63, 3.8) is 0 Å². The number of ether oxygens (including phenoxy) is 1. The Bertz CT molecular complexity index is 202. The third-order valence-corrected chi connectivity index (χ3v) is 3.70. The lowest BCUT2D eigenvalue weighted by molar-refractivity contribution is -0.143. The van der Waals surface area contributed by atoms with E-state index in [4.69, 9.17) is 4.74 Å². The predicted molar refractivity (Wildman–Crippen MR) is 86.9 cm³/mol. The van der Waals surface area contributed by atoms with Crippen molar-refractivity contribution in [3.8, 4) is 0 Å². The van der Waals surface area contributed by atoms with Crippen LogP contribution in [0.25, 0.3) is 0 Å². The van der Waals surface area contributed by atoms with Crippen molar-refractivity contribution < 1.29 is 9.53 Å². The molecule has 20 heavy (non-hydrogen) atoms. The van der Waals surface area contributed by atoms with Crippen LogP contribution in [0.3, 0.4) is 0 Å². The minimum atomic E-state index is -0.0149. The van der Waals surface area contributed by atoms with E-state index >= 15 is 0 Å². The van der Waals surface area contributed by atoms with Gasteiger partial charge in [-0.15, -0.1) is 0 Å². The summed E-state index contributed by atoms with van der Waals surface area (Å²) < 4.78 is 5.05. The average Bonchev–Trinajstić information content (AvgIpc) is 2.46. The lowest BCUT2D eigenvalue weighted by atomic mass is 10.0. The van der Waals surface area contributed by atoms with Crippen LogP contribution in [0.1, 0.15) is 104 Å². The summed E-state index contributed by atoms with van der Waals surface area (Å²) in [5, 5.41) is 0. The number of hydrogen-bond donors (Lipinski definition) is 0. The summed E-state index contributed by atoms with van der Waals surface area (Å²) in [7, 11) is 0. The Morgan fingerprint density at radius 1 is 0.650 bits per heavy atom. The Morgan fingerprint density at radius 3 is 1.55 bits per heavy atom. The molecule has 0 bridgehead atoms. The highest BCUT2D eigenvalue weighted by Gasteiger charge is 2.01. The summed E-state index contributed by atoms with van der Waals surface area (Å²) in [6, 6.07) is 0. The van der Waals surface area contributed by atoms with Gasteiger partial charge in [-0.1, -0.05) is 84.5 Å². The second-order valence-corrected chi connectivity index (χ2v) is 5.86. The van der Waals surface area contributed by atoms with Crippen LogP contribution in [0.5, 0.6) is 0 Å². The minimum absolute atomic E-state index is 0.0149. The maximum atomic E-state index is 11.3. The highest BCUT2D eigenvalue weighted by atomic mass is 16.5. The largest absolute Gasteiger partial charge is 0.466 e. The molecule has 0 N–H and O–H groups in total. The molecule has 0 aliphatic heterocycles. The Hall–Kier alpha value is -0.530. The van der Waals surface area contributed by atoms with Crippen LogP contribution >= 0.6 is 0 Å². The molecule has 0 aliphatic rings. The first-order valence-electron chi connectivity index (χ1n) is 8.96. The van der Waals surface area contributed by atoms with Gasteiger partial charge in [0.2, 0.25) is 0 Å². The zero-order valence-corrected chi connectivity index (χ0v) is 13.9. The Labute approximate surface area is 126 Å². The highest BCUT2D eigenvalue weighted by Crippen LogP contribution is 2.12. The number of rotatable bonds is 15. The quantitative estimate of drug-likeness (QED) is 0.271. The summed E-state index contributed by atoms with van der Waals surface area (Å²) in [5.74, 6) is -0.0149. The van der Waals surface area contributed by atoms with Gasteiger partial charge < -0.3 is 4.74 Å². The van der Waals surface area contributed by atoms with E-state index < -0.39 is 0 Å². The third-order valence-electron chi connectivity index (χ3n) is 3.70. The Balaban J connectivity index is 3.04. The van der Waals surface area contributed by atoms with E-state index in [2.05, 4.69) is 6.92 Å². The summed E-state index contributed by atoms with van der Waals surface area (Å²) in [5.41, 5.74) is 0.